The molecule has 1 aromatic heterocycles. The topological polar surface area (TPSA) is 138 Å². The molecule has 154 valence electrons. The van der Waals surface area contributed by atoms with Gasteiger partial charge in [-0.25, -0.2) is 4.98 Å². The Bertz CT molecular complexity index is 726. The maximum atomic E-state index is 12.6. The summed E-state index contributed by atoms with van der Waals surface area (Å²) < 4.78 is 0. The molecule has 0 aliphatic carbocycles. The molecule has 0 saturated carbocycles. The Balaban J connectivity index is 0. The number of aryl methyl sites for hydroxylation is 1. The van der Waals surface area contributed by atoms with E-state index in [9.17, 15) is 4.79 Å². The Kier molecular flexibility index (Phi) is 11.5. The van der Waals surface area contributed by atoms with E-state index in [1.165, 1.54) is 5.56 Å². The highest BCUT2D eigenvalue weighted by Crippen LogP contribution is 2.46. The van der Waals surface area contributed by atoms with E-state index >= 15 is 0 Å². The van der Waals surface area contributed by atoms with Gasteiger partial charge in [0.1, 0.15) is 11.4 Å². The van der Waals surface area contributed by atoms with Gasteiger partial charge in [0.15, 0.2) is 0 Å². The number of nitrogens with one attached hydrogen (secondary N) is 1. The minimum absolute atomic E-state index is 0. The smallest absolute Gasteiger partial charge is 0.241 e. The summed E-state index contributed by atoms with van der Waals surface area (Å²) in [7, 11) is 0. The van der Waals surface area contributed by atoms with Crippen molar-refractivity contribution < 1.29 is 15.7 Å². The van der Waals surface area contributed by atoms with Crippen molar-refractivity contribution in [3.63, 3.8) is 0 Å². The number of carbonyl (C=O) groups excluding carboxylic acids is 1. The van der Waals surface area contributed by atoms with E-state index in [0.29, 0.717) is 0 Å². The summed E-state index contributed by atoms with van der Waals surface area (Å²) in [5.41, 5.74) is 8.47. The number of nitrogens with two attached hydrogens (primary N) is 1. The lowest BCUT2D eigenvalue weighted by Gasteiger charge is -2.36. The van der Waals surface area contributed by atoms with E-state index < -0.39 is 5.54 Å². The van der Waals surface area contributed by atoms with E-state index in [4.69, 9.17) is 5.73 Å². The number of nitrogens with zero attached hydrogens (tertiary/aromatic N) is 2. The second-order valence-electron chi connectivity index (χ2n) is 6.13. The molecule has 0 saturated heterocycles. The van der Waals surface area contributed by atoms with Gasteiger partial charge in [0.2, 0.25) is 5.91 Å². The van der Waals surface area contributed by atoms with Gasteiger partial charge in [-0.15, -0.1) is 24.8 Å². The fraction of sp³-hybridized carbons (Fsp3) is 0.444. The standard InChI is InChI=1S/C18H24N4O.2ClH.2H2O/c1-3-7-14-12-20-17(21-14)18(4-2)10-13-8-5-6-9-15(13)22(18)16(23)11-19;;;;/h5-6,8-9,12H,3-4,7,10-11,19H2,1-2H3,(H,20,21);2*1H;2*1H2. The number of hydrogen-bond acceptors (Lipinski definition) is 3. The zero-order valence-electron chi connectivity index (χ0n) is 15.6. The molecule has 7 nitrogen and oxygen atoms in total. The van der Waals surface area contributed by atoms with Gasteiger partial charge in [-0.1, -0.05) is 38.5 Å². The van der Waals surface area contributed by atoms with Crippen LogP contribution in [0.5, 0.6) is 0 Å². The number of benzene rings is 1. The van der Waals surface area contributed by atoms with Gasteiger partial charge in [-0.05, 0) is 24.5 Å². The number of amides is 1. The summed E-state index contributed by atoms with van der Waals surface area (Å²) in [6, 6.07) is 8.06. The van der Waals surface area contributed by atoms with Gasteiger partial charge in [0.25, 0.3) is 0 Å². The molecule has 0 radical (unpaired) electrons. The summed E-state index contributed by atoms with van der Waals surface area (Å²) in [6.45, 7) is 4.25. The number of rotatable bonds is 5. The van der Waals surface area contributed by atoms with Crippen LogP contribution in [0.25, 0.3) is 0 Å². The lowest BCUT2D eigenvalue weighted by molar-refractivity contribution is -0.118. The van der Waals surface area contributed by atoms with Crippen LogP contribution >= 0.6 is 24.8 Å². The second-order valence-corrected chi connectivity index (χ2v) is 6.13. The lowest BCUT2D eigenvalue weighted by atomic mass is 9.90. The van der Waals surface area contributed by atoms with Crippen molar-refractivity contribution in [2.24, 2.45) is 5.73 Å². The number of para-hydroxylation sites is 1. The third-order valence-electron chi connectivity index (χ3n) is 4.74. The number of hydrogen-bond donors (Lipinski definition) is 2. The molecular formula is C18H30Cl2N4O3. The normalized spacial score (nSPS) is 16.9. The third kappa shape index (κ3) is 4.62. The summed E-state index contributed by atoms with van der Waals surface area (Å²) in [5, 5.41) is 0. The number of aromatic amines is 1. The van der Waals surface area contributed by atoms with Crippen molar-refractivity contribution in [3.05, 3.63) is 47.5 Å². The summed E-state index contributed by atoms with van der Waals surface area (Å²) >= 11 is 0. The van der Waals surface area contributed by atoms with E-state index in [1.807, 2.05) is 29.3 Å². The van der Waals surface area contributed by atoms with Crippen LogP contribution < -0.4 is 10.6 Å². The highest BCUT2D eigenvalue weighted by molar-refractivity contribution is 5.98. The first-order chi connectivity index (χ1) is 11.2. The predicted molar refractivity (Wildman–Crippen MR) is 113 cm³/mol. The van der Waals surface area contributed by atoms with Crippen LogP contribution in [0.15, 0.2) is 30.5 Å². The molecule has 9 heteroatoms. The van der Waals surface area contributed by atoms with Crippen LogP contribution in [0.4, 0.5) is 5.69 Å². The van der Waals surface area contributed by atoms with Gasteiger partial charge < -0.3 is 21.7 Å². The highest BCUT2D eigenvalue weighted by atomic mass is 35.5. The summed E-state index contributed by atoms with van der Waals surface area (Å²) in [5.74, 6) is 0.798. The van der Waals surface area contributed by atoms with Crippen molar-refractivity contribution in [3.8, 4) is 0 Å². The van der Waals surface area contributed by atoms with Crippen molar-refractivity contribution in [2.45, 2.75) is 45.1 Å². The van der Waals surface area contributed by atoms with Crippen molar-refractivity contribution in [1.29, 1.82) is 0 Å². The zero-order valence-corrected chi connectivity index (χ0v) is 17.3. The van der Waals surface area contributed by atoms with Crippen molar-refractivity contribution in [1.82, 2.24) is 9.97 Å². The first-order valence-electron chi connectivity index (χ1n) is 8.31. The molecule has 1 amide bonds. The molecule has 1 aliphatic rings. The molecule has 0 spiro atoms. The Labute approximate surface area is 172 Å². The first-order valence-corrected chi connectivity index (χ1v) is 8.31. The van der Waals surface area contributed by atoms with Gasteiger partial charge in [0, 0.05) is 24.0 Å². The number of imidazole rings is 1. The molecule has 1 atom stereocenters. The number of anilines is 1. The Hall–Kier alpha value is -1.64. The van der Waals surface area contributed by atoms with E-state index in [0.717, 1.165) is 42.9 Å². The van der Waals surface area contributed by atoms with Gasteiger partial charge in [0.05, 0.1) is 6.54 Å². The molecule has 0 bridgehead atoms. The SMILES string of the molecule is CCCc1cnc(C2(CC)Cc3ccccc3N2C(=O)CN)[nH]1.Cl.Cl.O.O. The largest absolute Gasteiger partial charge is 0.412 e. The van der Waals surface area contributed by atoms with E-state index in [2.05, 4.69) is 29.9 Å². The summed E-state index contributed by atoms with van der Waals surface area (Å²) in [4.78, 5) is 22.5. The first kappa shape index (κ1) is 27.6. The molecule has 27 heavy (non-hydrogen) atoms. The Morgan fingerprint density at radius 2 is 1.93 bits per heavy atom. The van der Waals surface area contributed by atoms with Crippen molar-refractivity contribution >= 4 is 36.4 Å². The molecule has 1 aromatic carbocycles. The number of carbonyl (C=O) groups is 1. The molecule has 2 aromatic rings. The molecule has 0 fully saturated rings. The van der Waals surface area contributed by atoms with Gasteiger partial charge in [-0.2, -0.15) is 0 Å². The van der Waals surface area contributed by atoms with Crippen LogP contribution in [-0.4, -0.2) is 33.4 Å². The fourth-order valence-electron chi connectivity index (χ4n) is 3.60. The molecule has 1 unspecified atom stereocenters. The number of aromatic nitrogens is 2. The number of fused-ring (bicyclic) bond motifs is 1. The molecule has 7 N–H and O–H groups in total. The maximum Gasteiger partial charge on any atom is 0.241 e. The minimum atomic E-state index is -0.466. The average Bonchev–Trinajstić information content (AvgIpc) is 3.17. The average molecular weight is 421 g/mol. The maximum absolute atomic E-state index is 12.6. The van der Waals surface area contributed by atoms with Gasteiger partial charge >= 0.3 is 0 Å². The monoisotopic (exact) mass is 420 g/mol. The van der Waals surface area contributed by atoms with Crippen LogP contribution in [0.1, 0.15) is 43.8 Å². The highest BCUT2D eigenvalue weighted by Gasteiger charge is 2.48. The van der Waals surface area contributed by atoms with E-state index in [-0.39, 0.29) is 48.2 Å². The molecule has 1 aliphatic heterocycles. The predicted octanol–water partition coefficient (Wildman–Crippen LogP) is 1.71. The van der Waals surface area contributed by atoms with E-state index in [1.54, 1.807) is 0 Å². The van der Waals surface area contributed by atoms with Crippen LogP contribution in [0.3, 0.4) is 0 Å². The minimum Gasteiger partial charge on any atom is -0.412 e. The third-order valence-corrected chi connectivity index (χ3v) is 4.74. The van der Waals surface area contributed by atoms with Gasteiger partial charge in [-0.3, -0.25) is 9.69 Å². The lowest BCUT2D eigenvalue weighted by Crippen LogP contribution is -2.50. The number of halogens is 2. The zero-order chi connectivity index (χ0) is 16.4. The quantitative estimate of drug-likeness (QED) is 0.760. The Morgan fingerprint density at radius 3 is 2.52 bits per heavy atom. The molecular weight excluding hydrogens is 391 g/mol. The molecule has 2 heterocycles. The number of H-pyrrole nitrogens is 1. The van der Waals surface area contributed by atoms with Crippen LogP contribution in [0.2, 0.25) is 0 Å². The van der Waals surface area contributed by atoms with Crippen LogP contribution in [-0.2, 0) is 23.2 Å². The molecule has 3 rings (SSSR count). The summed E-state index contributed by atoms with van der Waals surface area (Å²) in [6.07, 6.45) is 5.47. The second kappa shape index (κ2) is 11.3. The Morgan fingerprint density at radius 1 is 1.26 bits per heavy atom. The fourth-order valence-corrected chi connectivity index (χ4v) is 3.60. The van der Waals surface area contributed by atoms with Crippen LogP contribution in [0, 0.1) is 0 Å². The van der Waals surface area contributed by atoms with Crippen molar-refractivity contribution in [2.75, 3.05) is 11.4 Å².